The van der Waals surface area contributed by atoms with Crippen LogP contribution < -0.4 is 5.32 Å². The minimum Gasteiger partial charge on any atom is -0.465 e. The van der Waals surface area contributed by atoms with E-state index in [2.05, 4.69) is 19.2 Å². The van der Waals surface area contributed by atoms with Crippen LogP contribution in [-0.2, 0) is 14.3 Å². The average molecular weight is 344 g/mol. The van der Waals surface area contributed by atoms with Gasteiger partial charge in [-0.05, 0) is 43.0 Å². The Morgan fingerprint density at radius 2 is 2.05 bits per heavy atom. The van der Waals surface area contributed by atoms with E-state index in [-0.39, 0.29) is 23.4 Å². The molecule has 4 nitrogen and oxygen atoms in total. The molecule has 0 bridgehead atoms. The van der Waals surface area contributed by atoms with Gasteiger partial charge in [0.05, 0.1) is 18.1 Å². The zero-order valence-electron chi connectivity index (χ0n) is 13.1. The lowest BCUT2D eigenvalue weighted by molar-refractivity contribution is -0.140. The van der Waals surface area contributed by atoms with Gasteiger partial charge in [-0.25, -0.2) is 0 Å². The summed E-state index contributed by atoms with van der Waals surface area (Å²) in [5, 5.41) is 3.43. The second kappa shape index (κ2) is 9.74. The van der Waals surface area contributed by atoms with Crippen LogP contribution in [0.25, 0.3) is 0 Å². The number of ether oxygens (including phenoxy) is 1. The molecule has 1 aromatic rings. The van der Waals surface area contributed by atoms with E-state index < -0.39 is 0 Å². The highest BCUT2D eigenvalue weighted by molar-refractivity contribution is 8.00. The van der Waals surface area contributed by atoms with Crippen molar-refractivity contribution in [3.63, 3.8) is 0 Å². The number of hydrogen-bond donors (Lipinski definition) is 1. The Balaban J connectivity index is 2.24. The molecule has 0 aromatic heterocycles. The predicted octanol–water partition coefficient (Wildman–Crippen LogP) is 3.91. The van der Waals surface area contributed by atoms with Crippen molar-refractivity contribution in [2.24, 2.45) is 5.92 Å². The van der Waals surface area contributed by atoms with Crippen molar-refractivity contribution in [3.05, 3.63) is 28.8 Å². The van der Waals surface area contributed by atoms with E-state index in [1.54, 1.807) is 18.2 Å². The van der Waals surface area contributed by atoms with Gasteiger partial charge in [0, 0.05) is 10.7 Å². The third kappa shape index (κ3) is 7.71. The van der Waals surface area contributed by atoms with Crippen molar-refractivity contribution in [3.8, 4) is 0 Å². The van der Waals surface area contributed by atoms with E-state index in [9.17, 15) is 9.59 Å². The summed E-state index contributed by atoms with van der Waals surface area (Å²) in [5.74, 6) is 0.479. The molecule has 0 aliphatic heterocycles. The lowest BCUT2D eigenvalue weighted by Gasteiger charge is -2.09. The first-order valence-electron chi connectivity index (χ1n) is 7.18. The second-order valence-corrected chi connectivity index (χ2v) is 6.83. The first-order valence-corrected chi connectivity index (χ1v) is 8.71. The monoisotopic (exact) mass is 343 g/mol. The summed E-state index contributed by atoms with van der Waals surface area (Å²) in [6, 6.07) is 5.28. The fourth-order valence-corrected chi connectivity index (χ4v) is 2.47. The number of aryl methyl sites for hydroxylation is 1. The molecule has 0 unspecified atom stereocenters. The molecule has 0 fully saturated rings. The number of carbonyl (C=O) groups is 2. The van der Waals surface area contributed by atoms with Crippen molar-refractivity contribution in [1.82, 2.24) is 0 Å². The number of rotatable bonds is 8. The first-order chi connectivity index (χ1) is 10.4. The molecule has 0 aliphatic carbocycles. The number of benzene rings is 1. The number of carbonyl (C=O) groups excluding carboxylic acids is 2. The van der Waals surface area contributed by atoms with Gasteiger partial charge in [0.2, 0.25) is 5.91 Å². The molecule has 0 radical (unpaired) electrons. The molecule has 0 heterocycles. The molecule has 6 heteroatoms. The molecular weight excluding hydrogens is 322 g/mol. The number of hydrogen-bond acceptors (Lipinski definition) is 4. The quantitative estimate of drug-likeness (QED) is 0.727. The Morgan fingerprint density at radius 1 is 1.32 bits per heavy atom. The molecule has 1 rings (SSSR count). The molecule has 0 saturated carbocycles. The smallest absolute Gasteiger partial charge is 0.315 e. The fourth-order valence-electron chi connectivity index (χ4n) is 1.63. The zero-order chi connectivity index (χ0) is 16.5. The third-order valence-corrected chi connectivity index (χ3v) is 4.02. The second-order valence-electron chi connectivity index (χ2n) is 5.40. The van der Waals surface area contributed by atoms with Crippen molar-refractivity contribution < 1.29 is 14.3 Å². The maximum absolute atomic E-state index is 11.8. The van der Waals surface area contributed by atoms with Crippen LogP contribution in [0.15, 0.2) is 18.2 Å². The van der Waals surface area contributed by atoms with Gasteiger partial charge in [0.1, 0.15) is 0 Å². The Bertz CT molecular complexity index is 520. The maximum atomic E-state index is 11.8. The molecule has 1 N–H and O–H groups in total. The zero-order valence-corrected chi connectivity index (χ0v) is 14.7. The molecule has 22 heavy (non-hydrogen) atoms. The van der Waals surface area contributed by atoms with Gasteiger partial charge in [-0.1, -0.05) is 25.4 Å². The maximum Gasteiger partial charge on any atom is 0.315 e. The number of halogens is 1. The van der Waals surface area contributed by atoms with Crippen LogP contribution in [0.1, 0.15) is 25.8 Å². The highest BCUT2D eigenvalue weighted by Crippen LogP contribution is 2.19. The molecule has 0 spiro atoms. The molecule has 1 amide bonds. The highest BCUT2D eigenvalue weighted by atomic mass is 35.5. The summed E-state index contributed by atoms with van der Waals surface area (Å²) < 4.78 is 5.08. The van der Waals surface area contributed by atoms with E-state index in [0.29, 0.717) is 17.5 Å². The van der Waals surface area contributed by atoms with Crippen molar-refractivity contribution >= 4 is 40.9 Å². The molecule has 1 aromatic carbocycles. The molecule has 0 atom stereocenters. The van der Waals surface area contributed by atoms with E-state index in [0.717, 1.165) is 17.7 Å². The molecule has 0 aliphatic rings. The van der Waals surface area contributed by atoms with E-state index in [1.807, 2.05) is 6.92 Å². The highest BCUT2D eigenvalue weighted by Gasteiger charge is 2.08. The number of nitrogens with one attached hydrogen (secondary N) is 1. The normalized spacial score (nSPS) is 10.6. The lowest BCUT2D eigenvalue weighted by Crippen LogP contribution is -2.17. The Kier molecular flexibility index (Phi) is 8.35. The van der Waals surface area contributed by atoms with Gasteiger partial charge < -0.3 is 10.1 Å². The van der Waals surface area contributed by atoms with Crippen LogP contribution in [0.2, 0.25) is 5.02 Å². The number of anilines is 1. The largest absolute Gasteiger partial charge is 0.465 e. The van der Waals surface area contributed by atoms with Gasteiger partial charge in [0.15, 0.2) is 0 Å². The van der Waals surface area contributed by atoms with Crippen LogP contribution in [0.4, 0.5) is 5.69 Å². The summed E-state index contributed by atoms with van der Waals surface area (Å²) in [7, 11) is 0. The van der Waals surface area contributed by atoms with E-state index in [4.69, 9.17) is 16.3 Å². The topological polar surface area (TPSA) is 55.4 Å². The lowest BCUT2D eigenvalue weighted by atomic mass is 10.1. The average Bonchev–Trinajstić information content (AvgIpc) is 2.41. The Hall–Kier alpha value is -1.20. The minimum atomic E-state index is -0.277. The summed E-state index contributed by atoms with van der Waals surface area (Å²) in [4.78, 5) is 23.3. The van der Waals surface area contributed by atoms with Crippen molar-refractivity contribution in [2.75, 3.05) is 23.4 Å². The summed E-state index contributed by atoms with van der Waals surface area (Å²) >= 11 is 7.11. The first kappa shape index (κ1) is 18.8. The van der Waals surface area contributed by atoms with E-state index >= 15 is 0 Å². The minimum absolute atomic E-state index is 0.148. The Labute approximate surface area is 140 Å². The summed E-state index contributed by atoms with van der Waals surface area (Å²) in [6.45, 7) is 6.46. The van der Waals surface area contributed by atoms with Crippen LogP contribution in [0, 0.1) is 12.8 Å². The van der Waals surface area contributed by atoms with Crippen LogP contribution in [-0.4, -0.2) is 30.0 Å². The number of thioether (sulfide) groups is 1. The molecule has 0 saturated heterocycles. The SMILES string of the molecule is Cc1cc(Cl)ccc1NC(=O)CSCC(=O)OCCC(C)C. The molecule has 122 valence electrons. The van der Waals surface area contributed by atoms with Gasteiger partial charge >= 0.3 is 5.97 Å². The standard InChI is InChI=1S/C16H22ClNO3S/c1-11(2)6-7-21-16(20)10-22-9-15(19)18-14-5-4-13(17)8-12(14)3/h4-5,8,11H,6-7,9-10H2,1-3H3,(H,18,19). The summed E-state index contributed by atoms with van der Waals surface area (Å²) in [5.41, 5.74) is 1.63. The summed E-state index contributed by atoms with van der Waals surface area (Å²) in [6.07, 6.45) is 0.854. The van der Waals surface area contributed by atoms with Crippen LogP contribution in [0.5, 0.6) is 0 Å². The third-order valence-electron chi connectivity index (χ3n) is 2.87. The van der Waals surface area contributed by atoms with E-state index in [1.165, 1.54) is 11.8 Å². The molecular formula is C16H22ClNO3S. The van der Waals surface area contributed by atoms with Gasteiger partial charge in [0.25, 0.3) is 0 Å². The van der Waals surface area contributed by atoms with Gasteiger partial charge in [-0.3, -0.25) is 9.59 Å². The fraction of sp³-hybridized carbons (Fsp3) is 0.500. The van der Waals surface area contributed by atoms with Gasteiger partial charge in [-0.15, -0.1) is 11.8 Å². The Morgan fingerprint density at radius 3 is 2.68 bits per heavy atom. The predicted molar refractivity (Wildman–Crippen MR) is 92.6 cm³/mol. The van der Waals surface area contributed by atoms with Crippen LogP contribution in [0.3, 0.4) is 0 Å². The number of amides is 1. The van der Waals surface area contributed by atoms with Crippen LogP contribution >= 0.6 is 23.4 Å². The number of esters is 1. The van der Waals surface area contributed by atoms with Crippen molar-refractivity contribution in [1.29, 1.82) is 0 Å². The van der Waals surface area contributed by atoms with Gasteiger partial charge in [-0.2, -0.15) is 0 Å². The van der Waals surface area contributed by atoms with Crippen molar-refractivity contribution in [2.45, 2.75) is 27.2 Å².